The molecule has 1 atom stereocenters. The normalized spacial score (nSPS) is 11.7. The molecule has 0 saturated carbocycles. The zero-order valence-electron chi connectivity index (χ0n) is 22.4. The van der Waals surface area contributed by atoms with E-state index in [2.05, 4.69) is 6.92 Å². The maximum Gasteiger partial charge on any atom is 0.306 e. The molecule has 204 valence electrons. The number of hydrogen-bond acceptors (Lipinski definition) is 8. The first-order chi connectivity index (χ1) is 16.7. The van der Waals surface area contributed by atoms with Crippen molar-refractivity contribution in [1.82, 2.24) is 0 Å². The molecule has 0 spiro atoms. The van der Waals surface area contributed by atoms with Crippen LogP contribution in [0.15, 0.2) is 0 Å². The minimum absolute atomic E-state index is 0.0618. The largest absolute Gasteiger partial charge is 0.463 e. The topological polar surface area (TPSA) is 105 Å². The van der Waals surface area contributed by atoms with Gasteiger partial charge in [0.25, 0.3) is 0 Å². The van der Waals surface area contributed by atoms with Gasteiger partial charge in [-0.05, 0) is 32.1 Å². The molecule has 1 unspecified atom stereocenters. The van der Waals surface area contributed by atoms with Crippen LogP contribution >= 0.6 is 0 Å². The number of hydrogen-bond donors (Lipinski definition) is 0. The van der Waals surface area contributed by atoms with Gasteiger partial charge < -0.3 is 18.9 Å². The second-order valence-corrected chi connectivity index (χ2v) is 9.16. The lowest BCUT2D eigenvalue weighted by Gasteiger charge is -2.17. The molecule has 0 radical (unpaired) electrons. The minimum Gasteiger partial charge on any atom is -0.463 e. The van der Waals surface area contributed by atoms with Gasteiger partial charge in [-0.25, -0.2) is 0 Å². The SMILES string of the molecule is CCCCCCC(CCCCCCCCCCC(=O)OC(COC(C)=O)COC(C)=O)OC(C)=O. The van der Waals surface area contributed by atoms with E-state index in [1.165, 1.54) is 46.5 Å². The van der Waals surface area contributed by atoms with Crippen molar-refractivity contribution in [2.45, 2.75) is 136 Å². The van der Waals surface area contributed by atoms with Gasteiger partial charge in [0.2, 0.25) is 0 Å². The molecule has 0 saturated heterocycles. The lowest BCUT2D eigenvalue weighted by Crippen LogP contribution is -2.30. The lowest BCUT2D eigenvalue weighted by molar-refractivity contribution is -0.165. The predicted octanol–water partition coefficient (Wildman–Crippen LogP) is 5.83. The summed E-state index contributed by atoms with van der Waals surface area (Å²) in [5, 5.41) is 0. The molecule has 8 heteroatoms. The van der Waals surface area contributed by atoms with Crippen molar-refractivity contribution in [2.24, 2.45) is 0 Å². The van der Waals surface area contributed by atoms with Crippen LogP contribution in [-0.2, 0) is 38.1 Å². The van der Waals surface area contributed by atoms with Crippen LogP contribution in [0.25, 0.3) is 0 Å². The predicted molar refractivity (Wildman–Crippen MR) is 134 cm³/mol. The van der Waals surface area contributed by atoms with E-state index in [0.717, 1.165) is 64.2 Å². The van der Waals surface area contributed by atoms with E-state index in [1.807, 2.05) is 0 Å². The summed E-state index contributed by atoms with van der Waals surface area (Å²) in [6, 6.07) is 0. The maximum atomic E-state index is 12.0. The highest BCUT2D eigenvalue weighted by Crippen LogP contribution is 2.17. The number of esters is 4. The standard InChI is InChI=1S/C27H48O8/c1-5-6-7-14-17-25(34-24(4)30)18-15-12-10-8-9-11-13-16-19-27(31)35-26(20-32-22(2)28)21-33-23(3)29/h25-26H,5-21H2,1-4H3. The van der Waals surface area contributed by atoms with Crippen molar-refractivity contribution in [2.75, 3.05) is 13.2 Å². The van der Waals surface area contributed by atoms with Gasteiger partial charge >= 0.3 is 23.9 Å². The Morgan fingerprint density at radius 2 is 1.00 bits per heavy atom. The highest BCUT2D eigenvalue weighted by Gasteiger charge is 2.17. The van der Waals surface area contributed by atoms with Crippen molar-refractivity contribution in [3.05, 3.63) is 0 Å². The highest BCUT2D eigenvalue weighted by atomic mass is 16.6. The second kappa shape index (κ2) is 22.4. The van der Waals surface area contributed by atoms with Crippen LogP contribution in [0.3, 0.4) is 0 Å². The molecule has 0 amide bonds. The van der Waals surface area contributed by atoms with E-state index in [9.17, 15) is 19.2 Å². The third-order valence-electron chi connectivity index (χ3n) is 5.61. The summed E-state index contributed by atoms with van der Waals surface area (Å²) in [5.74, 6) is -1.54. The van der Waals surface area contributed by atoms with Crippen LogP contribution in [0, 0.1) is 0 Å². The van der Waals surface area contributed by atoms with E-state index in [-0.39, 0.29) is 37.7 Å². The van der Waals surface area contributed by atoms with Crippen LogP contribution in [0.5, 0.6) is 0 Å². The van der Waals surface area contributed by atoms with Gasteiger partial charge in [-0.3, -0.25) is 19.2 Å². The number of carbonyl (C=O) groups is 4. The molecule has 0 aromatic rings. The number of unbranched alkanes of at least 4 members (excludes halogenated alkanes) is 10. The quantitative estimate of drug-likeness (QED) is 0.104. The second-order valence-electron chi connectivity index (χ2n) is 9.16. The summed E-state index contributed by atoms with van der Waals surface area (Å²) in [5.41, 5.74) is 0. The van der Waals surface area contributed by atoms with Gasteiger partial charge in [-0.15, -0.1) is 0 Å². The van der Waals surface area contributed by atoms with E-state index < -0.39 is 18.0 Å². The van der Waals surface area contributed by atoms with Crippen LogP contribution in [0.2, 0.25) is 0 Å². The molecule has 0 bridgehead atoms. The molecule has 0 rings (SSSR count). The van der Waals surface area contributed by atoms with E-state index in [1.54, 1.807) is 0 Å². The number of carbonyl (C=O) groups excluding carboxylic acids is 4. The van der Waals surface area contributed by atoms with Crippen molar-refractivity contribution in [3.8, 4) is 0 Å². The van der Waals surface area contributed by atoms with Gasteiger partial charge in [0, 0.05) is 27.2 Å². The summed E-state index contributed by atoms with van der Waals surface area (Å²) in [7, 11) is 0. The molecule has 0 N–H and O–H groups in total. The summed E-state index contributed by atoms with van der Waals surface area (Å²) >= 11 is 0. The Morgan fingerprint density at radius 3 is 1.46 bits per heavy atom. The van der Waals surface area contributed by atoms with Gasteiger partial charge in [-0.2, -0.15) is 0 Å². The van der Waals surface area contributed by atoms with E-state index in [4.69, 9.17) is 18.9 Å². The highest BCUT2D eigenvalue weighted by molar-refractivity contribution is 5.70. The Balaban J connectivity index is 3.85. The summed E-state index contributed by atoms with van der Waals surface area (Å²) < 4.78 is 20.5. The molecular formula is C27H48O8. The molecule has 0 aliphatic carbocycles. The zero-order valence-corrected chi connectivity index (χ0v) is 22.4. The van der Waals surface area contributed by atoms with Crippen LogP contribution < -0.4 is 0 Å². The molecule has 0 aliphatic rings. The monoisotopic (exact) mass is 500 g/mol. The summed E-state index contributed by atoms with van der Waals surface area (Å²) in [6.45, 7) is 5.95. The van der Waals surface area contributed by atoms with Crippen LogP contribution in [0.4, 0.5) is 0 Å². The minimum atomic E-state index is -0.785. The third-order valence-corrected chi connectivity index (χ3v) is 5.61. The number of rotatable bonds is 22. The zero-order chi connectivity index (χ0) is 26.3. The molecule has 35 heavy (non-hydrogen) atoms. The van der Waals surface area contributed by atoms with Crippen LogP contribution in [0.1, 0.15) is 124 Å². The molecular weight excluding hydrogens is 452 g/mol. The first-order valence-corrected chi connectivity index (χ1v) is 13.4. The summed E-state index contributed by atoms with van der Waals surface area (Å²) in [6.07, 6.45) is 14.7. The van der Waals surface area contributed by atoms with Gasteiger partial charge in [-0.1, -0.05) is 64.7 Å². The summed E-state index contributed by atoms with van der Waals surface area (Å²) in [4.78, 5) is 45.3. The van der Waals surface area contributed by atoms with Gasteiger partial charge in [0.15, 0.2) is 6.10 Å². The fourth-order valence-corrected chi connectivity index (χ4v) is 3.78. The van der Waals surface area contributed by atoms with E-state index >= 15 is 0 Å². The molecule has 0 fully saturated rings. The molecule has 0 aromatic carbocycles. The molecule has 8 nitrogen and oxygen atoms in total. The van der Waals surface area contributed by atoms with E-state index in [0.29, 0.717) is 0 Å². The lowest BCUT2D eigenvalue weighted by atomic mass is 10.0. The third kappa shape index (κ3) is 23.4. The van der Waals surface area contributed by atoms with Gasteiger partial charge in [0.05, 0.1) is 0 Å². The van der Waals surface area contributed by atoms with Crippen molar-refractivity contribution >= 4 is 23.9 Å². The Hall–Kier alpha value is -2.12. The van der Waals surface area contributed by atoms with Crippen molar-refractivity contribution in [3.63, 3.8) is 0 Å². The molecule has 0 aliphatic heterocycles. The Labute approximate surface area is 211 Å². The smallest absolute Gasteiger partial charge is 0.306 e. The first-order valence-electron chi connectivity index (χ1n) is 13.4. The number of ether oxygens (including phenoxy) is 4. The first kappa shape index (κ1) is 32.9. The Bertz CT molecular complexity index is 572. The van der Waals surface area contributed by atoms with Crippen molar-refractivity contribution in [1.29, 1.82) is 0 Å². The average molecular weight is 501 g/mol. The van der Waals surface area contributed by atoms with Gasteiger partial charge in [0.1, 0.15) is 19.3 Å². The van der Waals surface area contributed by atoms with Crippen LogP contribution in [-0.4, -0.2) is 49.3 Å². The average Bonchev–Trinajstić information content (AvgIpc) is 2.78. The fourth-order valence-electron chi connectivity index (χ4n) is 3.78. The fraction of sp³-hybridized carbons (Fsp3) is 0.852. The maximum absolute atomic E-state index is 12.0. The molecule has 0 heterocycles. The van der Waals surface area contributed by atoms with Crippen molar-refractivity contribution < 1.29 is 38.1 Å². The molecule has 0 aromatic heterocycles. The Morgan fingerprint density at radius 1 is 0.543 bits per heavy atom. The Kier molecular flexibility index (Phi) is 21.0.